The molecule has 0 saturated carbocycles. The molecule has 0 atom stereocenters. The van der Waals surface area contributed by atoms with E-state index in [-0.39, 0.29) is 29.8 Å². The van der Waals surface area contributed by atoms with E-state index in [2.05, 4.69) is 30.2 Å². The van der Waals surface area contributed by atoms with Crippen LogP contribution in [0.3, 0.4) is 0 Å². The summed E-state index contributed by atoms with van der Waals surface area (Å²) in [4.78, 5) is 13.3. The molecule has 0 spiro atoms. The summed E-state index contributed by atoms with van der Waals surface area (Å²) in [5, 5.41) is 7.39. The number of guanidine groups is 1. The summed E-state index contributed by atoms with van der Waals surface area (Å²) < 4.78 is 23.7. The molecule has 1 N–H and O–H groups in total. The van der Waals surface area contributed by atoms with Gasteiger partial charge < -0.3 is 19.5 Å². The zero-order chi connectivity index (χ0) is 21.5. The first-order valence-corrected chi connectivity index (χ1v) is 10.1. The Kier molecular flexibility index (Phi) is 8.80. The number of aliphatic imine (C=N–C) groups is 1. The van der Waals surface area contributed by atoms with Gasteiger partial charge in [0.1, 0.15) is 17.8 Å². The van der Waals surface area contributed by atoms with Gasteiger partial charge in [-0.05, 0) is 35.9 Å². The van der Waals surface area contributed by atoms with Crippen LogP contribution < -0.4 is 10.1 Å². The highest BCUT2D eigenvalue weighted by Crippen LogP contribution is 2.20. The van der Waals surface area contributed by atoms with Gasteiger partial charge in [0, 0.05) is 64.6 Å². The van der Waals surface area contributed by atoms with E-state index < -0.39 is 0 Å². The average molecular weight is 552 g/mol. The number of aromatic nitrogens is 2. The highest BCUT2D eigenvalue weighted by Gasteiger charge is 2.20. The molecule has 1 saturated heterocycles. The van der Waals surface area contributed by atoms with E-state index in [4.69, 9.17) is 9.26 Å². The Morgan fingerprint density at radius 1 is 1.16 bits per heavy atom. The summed E-state index contributed by atoms with van der Waals surface area (Å²) in [6, 6.07) is 11.5. The number of halogens is 2. The summed E-state index contributed by atoms with van der Waals surface area (Å²) in [6.07, 6.45) is 3.30. The summed E-state index contributed by atoms with van der Waals surface area (Å²) in [5.41, 5.74) is 1.96. The third-order valence-corrected chi connectivity index (χ3v) is 5.05. The fourth-order valence-electron chi connectivity index (χ4n) is 3.42. The van der Waals surface area contributed by atoms with Crippen LogP contribution in [-0.2, 0) is 13.1 Å². The predicted molar refractivity (Wildman–Crippen MR) is 130 cm³/mol. The molecule has 2 aromatic heterocycles. The second-order valence-corrected chi connectivity index (χ2v) is 7.21. The van der Waals surface area contributed by atoms with Gasteiger partial charge in [-0.15, -0.1) is 24.0 Å². The van der Waals surface area contributed by atoms with E-state index in [1.807, 2.05) is 18.2 Å². The summed E-state index contributed by atoms with van der Waals surface area (Å²) in [5.74, 6) is 1.56. The van der Waals surface area contributed by atoms with Crippen LogP contribution in [-0.4, -0.2) is 59.1 Å². The highest BCUT2D eigenvalue weighted by molar-refractivity contribution is 14.0. The van der Waals surface area contributed by atoms with Crippen LogP contribution in [0.25, 0.3) is 0 Å². The van der Waals surface area contributed by atoms with Crippen molar-refractivity contribution in [3.8, 4) is 11.6 Å². The minimum absolute atomic E-state index is 0. The van der Waals surface area contributed by atoms with E-state index in [1.165, 1.54) is 12.1 Å². The molecule has 8 nitrogen and oxygen atoms in total. The standard InChI is InChI=1S/C22H25FN6O2.HI/c1-24-22(29-11-9-28(10-12-29)16-19-7-13-30-27-19)26-15-17-6-8-25-21(14-17)31-20-4-2-18(23)3-5-20;/h2-8,13-14H,9-12,15-16H2,1H3,(H,24,26);1H. The predicted octanol–water partition coefficient (Wildman–Crippen LogP) is 3.51. The topological polar surface area (TPSA) is 79.0 Å². The van der Waals surface area contributed by atoms with Crippen molar-refractivity contribution in [3.63, 3.8) is 0 Å². The normalized spacial score (nSPS) is 14.7. The number of rotatable bonds is 6. The monoisotopic (exact) mass is 552 g/mol. The second-order valence-electron chi connectivity index (χ2n) is 7.21. The number of benzene rings is 1. The summed E-state index contributed by atoms with van der Waals surface area (Å²) in [7, 11) is 1.79. The molecule has 0 amide bonds. The third-order valence-electron chi connectivity index (χ3n) is 5.05. The lowest BCUT2D eigenvalue weighted by atomic mass is 10.2. The smallest absolute Gasteiger partial charge is 0.219 e. The van der Waals surface area contributed by atoms with Crippen LogP contribution in [0.1, 0.15) is 11.3 Å². The maximum Gasteiger partial charge on any atom is 0.219 e. The van der Waals surface area contributed by atoms with Gasteiger partial charge in [-0.2, -0.15) is 0 Å². The SMILES string of the molecule is CN=C(NCc1ccnc(Oc2ccc(F)cc2)c1)N1CCN(Cc2ccon2)CC1.I. The number of pyridine rings is 1. The van der Waals surface area contributed by atoms with Gasteiger partial charge in [-0.25, -0.2) is 9.37 Å². The molecule has 10 heteroatoms. The van der Waals surface area contributed by atoms with Gasteiger partial charge in [0.05, 0.1) is 5.69 Å². The van der Waals surface area contributed by atoms with E-state index in [0.29, 0.717) is 18.2 Å². The summed E-state index contributed by atoms with van der Waals surface area (Å²) in [6.45, 7) is 5.01. The molecular formula is C22H26FIN6O2. The van der Waals surface area contributed by atoms with Gasteiger partial charge >= 0.3 is 0 Å². The van der Waals surface area contributed by atoms with Crippen LogP contribution in [0.4, 0.5) is 4.39 Å². The molecule has 1 aliphatic heterocycles. The van der Waals surface area contributed by atoms with Crippen LogP contribution in [0.2, 0.25) is 0 Å². The Morgan fingerprint density at radius 3 is 2.62 bits per heavy atom. The fraction of sp³-hybridized carbons (Fsp3) is 0.318. The van der Waals surface area contributed by atoms with Crippen molar-refractivity contribution in [1.82, 2.24) is 25.3 Å². The molecular weight excluding hydrogens is 526 g/mol. The maximum absolute atomic E-state index is 13.1. The third kappa shape index (κ3) is 6.63. The van der Waals surface area contributed by atoms with E-state index in [0.717, 1.165) is 49.9 Å². The van der Waals surface area contributed by atoms with E-state index in [9.17, 15) is 4.39 Å². The van der Waals surface area contributed by atoms with Crippen molar-refractivity contribution in [1.29, 1.82) is 0 Å². The Balaban J connectivity index is 0.00000289. The number of hydrogen-bond acceptors (Lipinski definition) is 6. The molecule has 0 radical (unpaired) electrons. The lowest BCUT2D eigenvalue weighted by Crippen LogP contribution is -2.52. The van der Waals surface area contributed by atoms with Crippen LogP contribution in [0, 0.1) is 5.82 Å². The van der Waals surface area contributed by atoms with Gasteiger partial charge in [-0.3, -0.25) is 9.89 Å². The van der Waals surface area contributed by atoms with Crippen LogP contribution in [0.15, 0.2) is 64.4 Å². The van der Waals surface area contributed by atoms with Crippen LogP contribution >= 0.6 is 24.0 Å². The van der Waals surface area contributed by atoms with Crippen molar-refractivity contribution in [2.45, 2.75) is 13.1 Å². The molecule has 1 aromatic carbocycles. The minimum atomic E-state index is -0.302. The molecule has 1 aliphatic rings. The lowest BCUT2D eigenvalue weighted by Gasteiger charge is -2.36. The first-order valence-electron chi connectivity index (χ1n) is 10.1. The maximum atomic E-state index is 13.1. The van der Waals surface area contributed by atoms with Crippen molar-refractivity contribution < 1.29 is 13.7 Å². The first kappa shape index (κ1) is 23.9. The summed E-state index contributed by atoms with van der Waals surface area (Å²) >= 11 is 0. The highest BCUT2D eigenvalue weighted by atomic mass is 127. The zero-order valence-corrected chi connectivity index (χ0v) is 20.1. The van der Waals surface area contributed by atoms with E-state index in [1.54, 1.807) is 31.6 Å². The average Bonchev–Trinajstić information content (AvgIpc) is 3.30. The number of piperazine rings is 1. The van der Waals surface area contributed by atoms with Crippen molar-refractivity contribution in [2.24, 2.45) is 4.99 Å². The zero-order valence-electron chi connectivity index (χ0n) is 17.8. The Bertz CT molecular complexity index is 992. The Hall–Kier alpha value is -2.73. The number of ether oxygens (including phenoxy) is 1. The minimum Gasteiger partial charge on any atom is -0.439 e. The number of hydrogen-bond donors (Lipinski definition) is 1. The Morgan fingerprint density at radius 2 is 1.94 bits per heavy atom. The van der Waals surface area contributed by atoms with Crippen LogP contribution in [0.5, 0.6) is 11.6 Å². The molecule has 0 aliphatic carbocycles. The fourth-order valence-corrected chi connectivity index (χ4v) is 3.42. The Labute approximate surface area is 203 Å². The van der Waals surface area contributed by atoms with E-state index >= 15 is 0 Å². The molecule has 3 heterocycles. The molecule has 0 bridgehead atoms. The molecule has 170 valence electrons. The second kappa shape index (κ2) is 11.8. The lowest BCUT2D eigenvalue weighted by molar-refractivity contribution is 0.169. The molecule has 3 aromatic rings. The largest absolute Gasteiger partial charge is 0.439 e. The quantitative estimate of drug-likeness (QED) is 0.285. The molecule has 32 heavy (non-hydrogen) atoms. The molecule has 1 fully saturated rings. The van der Waals surface area contributed by atoms with Crippen molar-refractivity contribution in [3.05, 3.63) is 72.0 Å². The number of nitrogens with one attached hydrogen (secondary N) is 1. The van der Waals surface area contributed by atoms with Gasteiger partial charge in [-0.1, -0.05) is 5.16 Å². The molecule has 4 rings (SSSR count). The van der Waals surface area contributed by atoms with Crippen molar-refractivity contribution in [2.75, 3.05) is 33.2 Å². The number of nitrogens with zero attached hydrogens (tertiary/aromatic N) is 5. The van der Waals surface area contributed by atoms with Gasteiger partial charge in [0.15, 0.2) is 5.96 Å². The first-order chi connectivity index (χ1) is 15.2. The molecule has 0 unspecified atom stereocenters. The van der Waals surface area contributed by atoms with Crippen molar-refractivity contribution >= 4 is 29.9 Å². The van der Waals surface area contributed by atoms with Gasteiger partial charge in [0.2, 0.25) is 5.88 Å². The van der Waals surface area contributed by atoms with Gasteiger partial charge in [0.25, 0.3) is 0 Å².